The number of rotatable bonds is 0. The Bertz CT molecular complexity index is 831. The molecule has 0 aliphatic rings. The van der Waals surface area contributed by atoms with E-state index < -0.39 is 16.1 Å². The van der Waals surface area contributed by atoms with Gasteiger partial charge in [0.1, 0.15) is 16.1 Å². The minimum atomic E-state index is -1.38. The second-order valence-corrected chi connectivity index (χ2v) is 19.2. The first-order valence-electron chi connectivity index (χ1n) is 7.94. The molecule has 0 aliphatic heterocycles. The third-order valence-electron chi connectivity index (χ3n) is 3.16. The lowest BCUT2D eigenvalue weighted by Gasteiger charge is -2.08. The predicted octanol–water partition coefficient (Wildman–Crippen LogP) is 6.82. The van der Waals surface area contributed by atoms with Crippen LogP contribution in [-0.4, -0.2) is 16.1 Å². The zero-order chi connectivity index (χ0) is 18.1. The summed E-state index contributed by atoms with van der Waals surface area (Å²) in [7, 11) is -2.77. The molecule has 0 radical (unpaired) electrons. The van der Waals surface area contributed by atoms with Crippen LogP contribution in [0.25, 0.3) is 10.8 Å². The number of halogens is 2. The number of hydrogen-bond acceptors (Lipinski definition) is 0. The number of hydrogen-bond donors (Lipinski definition) is 0. The van der Waals surface area contributed by atoms with Gasteiger partial charge in [-0.15, -0.1) is 11.1 Å². The summed E-state index contributed by atoms with van der Waals surface area (Å²) in [6.45, 7) is 13.6. The van der Waals surface area contributed by atoms with Crippen molar-refractivity contribution >= 4 is 58.8 Å². The van der Waals surface area contributed by atoms with Crippen molar-refractivity contribution in [3.63, 3.8) is 0 Å². The normalized spacial score (nSPS) is 11.5. The summed E-state index contributed by atoms with van der Waals surface area (Å²) < 4.78 is 2.10. The molecule has 0 fully saturated rings. The van der Waals surface area contributed by atoms with Gasteiger partial charge < -0.3 is 0 Å². The van der Waals surface area contributed by atoms with E-state index in [-0.39, 0.29) is 0 Å². The molecule has 0 saturated heterocycles. The minimum absolute atomic E-state index is 1.05. The van der Waals surface area contributed by atoms with E-state index in [2.05, 4.69) is 118 Å². The standard InChI is InChI=1S/C20H22Br2Si2/c1-23(2,3)9-7-15-11-17-14-20(22)16(8-10-24(4,5)6)12-18(17)13-19(15)21/h11-14H,1-6H3. The lowest BCUT2D eigenvalue weighted by atomic mass is 10.0. The maximum Gasteiger partial charge on any atom is 0.129 e. The average molecular weight is 478 g/mol. The van der Waals surface area contributed by atoms with E-state index in [0.717, 1.165) is 20.1 Å². The molecule has 24 heavy (non-hydrogen) atoms. The third kappa shape index (κ3) is 5.64. The molecule has 2 rings (SSSR count). The molecule has 0 unspecified atom stereocenters. The van der Waals surface area contributed by atoms with Gasteiger partial charge in [-0.25, -0.2) is 0 Å². The second kappa shape index (κ2) is 7.22. The largest absolute Gasteiger partial charge is 0.129 e. The van der Waals surface area contributed by atoms with Gasteiger partial charge in [-0.3, -0.25) is 0 Å². The summed E-state index contributed by atoms with van der Waals surface area (Å²) in [6.07, 6.45) is 0. The van der Waals surface area contributed by atoms with Crippen molar-refractivity contribution in [1.82, 2.24) is 0 Å². The fraction of sp³-hybridized carbons (Fsp3) is 0.300. The second-order valence-electron chi connectivity index (χ2n) is 8.01. The van der Waals surface area contributed by atoms with E-state index in [1.807, 2.05) is 0 Å². The molecular formula is C20H22Br2Si2. The summed E-state index contributed by atoms with van der Waals surface area (Å²) in [5.74, 6) is 6.70. The Morgan fingerprint density at radius 1 is 0.625 bits per heavy atom. The van der Waals surface area contributed by atoms with Gasteiger partial charge in [0.25, 0.3) is 0 Å². The van der Waals surface area contributed by atoms with Crippen LogP contribution < -0.4 is 0 Å². The summed E-state index contributed by atoms with van der Waals surface area (Å²) in [6, 6.07) is 8.62. The van der Waals surface area contributed by atoms with E-state index in [0.29, 0.717) is 0 Å². The fourth-order valence-corrected chi connectivity index (χ4v) is 3.94. The Kier molecular flexibility index (Phi) is 5.88. The smallest absolute Gasteiger partial charge is 0.127 e. The SMILES string of the molecule is C[Si](C)(C)C#Cc1cc2cc(Br)c(C#C[Si](C)(C)C)cc2cc1Br. The summed E-state index contributed by atoms with van der Waals surface area (Å²) in [5, 5.41) is 2.37. The molecule has 124 valence electrons. The van der Waals surface area contributed by atoms with Gasteiger partial charge in [0, 0.05) is 20.1 Å². The van der Waals surface area contributed by atoms with Crippen molar-refractivity contribution in [2.24, 2.45) is 0 Å². The molecule has 0 saturated carbocycles. The summed E-state index contributed by atoms with van der Waals surface area (Å²) in [5.41, 5.74) is 8.98. The minimum Gasteiger partial charge on any atom is -0.127 e. The predicted molar refractivity (Wildman–Crippen MR) is 120 cm³/mol. The van der Waals surface area contributed by atoms with Crippen LogP contribution in [0.3, 0.4) is 0 Å². The summed E-state index contributed by atoms with van der Waals surface area (Å²) >= 11 is 7.34. The first-order valence-corrected chi connectivity index (χ1v) is 16.5. The van der Waals surface area contributed by atoms with E-state index in [9.17, 15) is 0 Å². The van der Waals surface area contributed by atoms with Crippen LogP contribution in [0, 0.1) is 22.9 Å². The molecule has 0 atom stereocenters. The Morgan fingerprint density at radius 2 is 0.958 bits per heavy atom. The molecule has 0 amide bonds. The maximum absolute atomic E-state index is 3.67. The zero-order valence-electron chi connectivity index (χ0n) is 15.1. The highest BCUT2D eigenvalue weighted by Gasteiger charge is 2.10. The molecule has 2 aromatic carbocycles. The Balaban J connectivity index is 2.56. The number of fused-ring (bicyclic) bond motifs is 1. The Morgan fingerprint density at radius 3 is 1.25 bits per heavy atom. The van der Waals surface area contributed by atoms with Crippen molar-refractivity contribution < 1.29 is 0 Å². The van der Waals surface area contributed by atoms with Gasteiger partial charge in [-0.2, -0.15) is 0 Å². The highest BCUT2D eigenvalue weighted by atomic mass is 79.9. The van der Waals surface area contributed by atoms with Crippen molar-refractivity contribution in [2.45, 2.75) is 39.3 Å². The van der Waals surface area contributed by atoms with Crippen LogP contribution in [0.4, 0.5) is 0 Å². The molecular weight excluding hydrogens is 456 g/mol. The lowest BCUT2D eigenvalue weighted by molar-refractivity contribution is 1.60. The molecule has 0 nitrogen and oxygen atoms in total. The quantitative estimate of drug-likeness (QED) is 0.288. The lowest BCUT2D eigenvalue weighted by Crippen LogP contribution is -2.16. The van der Waals surface area contributed by atoms with Crippen molar-refractivity contribution in [2.75, 3.05) is 0 Å². The van der Waals surface area contributed by atoms with Gasteiger partial charge in [-0.1, -0.05) is 51.1 Å². The van der Waals surface area contributed by atoms with E-state index >= 15 is 0 Å². The van der Waals surface area contributed by atoms with Crippen LogP contribution in [0.2, 0.25) is 39.3 Å². The summed E-state index contributed by atoms with van der Waals surface area (Å²) in [4.78, 5) is 0. The van der Waals surface area contributed by atoms with Gasteiger partial charge in [0.2, 0.25) is 0 Å². The van der Waals surface area contributed by atoms with Crippen LogP contribution in [0.5, 0.6) is 0 Å². The van der Waals surface area contributed by atoms with Crippen LogP contribution >= 0.6 is 31.9 Å². The molecule has 0 spiro atoms. The molecule has 4 heteroatoms. The molecule has 2 aromatic rings. The Labute approximate surface area is 164 Å². The molecule has 0 bridgehead atoms. The van der Waals surface area contributed by atoms with Crippen LogP contribution in [0.1, 0.15) is 11.1 Å². The highest BCUT2D eigenvalue weighted by molar-refractivity contribution is 9.10. The first-order chi connectivity index (χ1) is 10.9. The maximum atomic E-state index is 3.67. The molecule has 0 aromatic heterocycles. The topological polar surface area (TPSA) is 0 Å². The van der Waals surface area contributed by atoms with Gasteiger partial charge in [0.15, 0.2) is 0 Å². The Hall–Kier alpha value is -0.786. The van der Waals surface area contributed by atoms with E-state index in [1.54, 1.807) is 0 Å². The van der Waals surface area contributed by atoms with E-state index in [4.69, 9.17) is 0 Å². The van der Waals surface area contributed by atoms with Gasteiger partial charge in [-0.05, 0) is 66.9 Å². The average Bonchev–Trinajstić information content (AvgIpc) is 2.41. The first kappa shape index (κ1) is 19.5. The molecule has 0 N–H and O–H groups in total. The highest BCUT2D eigenvalue weighted by Crippen LogP contribution is 2.29. The van der Waals surface area contributed by atoms with Gasteiger partial charge >= 0.3 is 0 Å². The van der Waals surface area contributed by atoms with Crippen LogP contribution in [-0.2, 0) is 0 Å². The monoisotopic (exact) mass is 476 g/mol. The van der Waals surface area contributed by atoms with Gasteiger partial charge in [0.05, 0.1) is 0 Å². The van der Waals surface area contributed by atoms with Crippen molar-refractivity contribution in [3.05, 3.63) is 44.3 Å². The van der Waals surface area contributed by atoms with Crippen molar-refractivity contribution in [1.29, 1.82) is 0 Å². The molecule has 0 heterocycles. The fourth-order valence-electron chi connectivity index (χ4n) is 2.00. The van der Waals surface area contributed by atoms with Crippen LogP contribution in [0.15, 0.2) is 33.2 Å². The third-order valence-corrected chi connectivity index (χ3v) is 6.22. The van der Waals surface area contributed by atoms with E-state index in [1.165, 1.54) is 10.8 Å². The zero-order valence-corrected chi connectivity index (χ0v) is 20.2. The van der Waals surface area contributed by atoms with Crippen molar-refractivity contribution in [3.8, 4) is 22.9 Å². The number of benzene rings is 2. The molecule has 0 aliphatic carbocycles.